The summed E-state index contributed by atoms with van der Waals surface area (Å²) in [6.07, 6.45) is 6.65. The fraction of sp³-hybridized carbons (Fsp3) is 0.650. The number of carbonyl (C=O) groups is 1. The zero-order valence-corrected chi connectivity index (χ0v) is 16.1. The van der Waals surface area contributed by atoms with Crippen LogP contribution in [-0.2, 0) is 4.79 Å². The van der Waals surface area contributed by atoms with E-state index in [-0.39, 0.29) is 12.5 Å². The second-order valence-electron chi connectivity index (χ2n) is 7.36. The Morgan fingerprint density at radius 3 is 2.56 bits per heavy atom. The van der Waals surface area contributed by atoms with Gasteiger partial charge in [0.1, 0.15) is 5.75 Å². The van der Waals surface area contributed by atoms with Crippen molar-refractivity contribution >= 4 is 18.7 Å². The number of thiol groups is 1. The van der Waals surface area contributed by atoms with E-state index in [4.69, 9.17) is 4.74 Å². The molecule has 1 amide bonds. The first-order chi connectivity index (χ1) is 12.2. The third kappa shape index (κ3) is 5.14. The molecule has 1 aromatic carbocycles. The monoisotopic (exact) mass is 362 g/mol. The molecule has 1 heterocycles. The summed E-state index contributed by atoms with van der Waals surface area (Å²) in [6, 6.07) is 8.39. The zero-order chi connectivity index (χ0) is 17.6. The van der Waals surface area contributed by atoms with Gasteiger partial charge in [-0.05, 0) is 48.8 Å². The maximum atomic E-state index is 12.2. The lowest BCUT2D eigenvalue weighted by atomic mass is 9.95. The van der Waals surface area contributed by atoms with Gasteiger partial charge in [-0.15, -0.1) is 0 Å². The summed E-state index contributed by atoms with van der Waals surface area (Å²) >= 11 is 4.31. The molecule has 1 saturated carbocycles. The average molecular weight is 363 g/mol. The minimum atomic E-state index is 0.0590. The molecular formula is C20H30N2O2S. The maximum absolute atomic E-state index is 12.2. The van der Waals surface area contributed by atoms with E-state index < -0.39 is 0 Å². The SMILES string of the molecule is CCCC1CCC(c2ccc(OCC(=O)N3CCN(S)CC3)cc2)C1. The van der Waals surface area contributed by atoms with Crippen molar-refractivity contribution < 1.29 is 9.53 Å². The zero-order valence-electron chi connectivity index (χ0n) is 15.2. The number of rotatable bonds is 6. The molecule has 1 aliphatic carbocycles. The summed E-state index contributed by atoms with van der Waals surface area (Å²) in [4.78, 5) is 14.1. The number of hydrogen-bond acceptors (Lipinski definition) is 4. The van der Waals surface area contributed by atoms with Crippen molar-refractivity contribution in [2.24, 2.45) is 5.92 Å². The quantitative estimate of drug-likeness (QED) is 0.783. The first-order valence-electron chi connectivity index (χ1n) is 9.60. The second kappa shape index (κ2) is 8.95. The Balaban J connectivity index is 1.45. The first-order valence-corrected chi connectivity index (χ1v) is 10.00. The van der Waals surface area contributed by atoms with E-state index >= 15 is 0 Å². The Morgan fingerprint density at radius 1 is 1.16 bits per heavy atom. The van der Waals surface area contributed by atoms with Gasteiger partial charge >= 0.3 is 0 Å². The molecule has 2 fully saturated rings. The summed E-state index contributed by atoms with van der Waals surface area (Å²) in [5.74, 6) is 2.45. The fourth-order valence-electron chi connectivity index (χ4n) is 4.07. The molecule has 2 unspecified atom stereocenters. The van der Waals surface area contributed by atoms with Crippen molar-refractivity contribution in [1.29, 1.82) is 0 Å². The number of piperazine rings is 1. The molecule has 5 heteroatoms. The van der Waals surface area contributed by atoms with Crippen molar-refractivity contribution in [1.82, 2.24) is 9.21 Å². The smallest absolute Gasteiger partial charge is 0.260 e. The van der Waals surface area contributed by atoms with Crippen molar-refractivity contribution in [3.05, 3.63) is 29.8 Å². The van der Waals surface area contributed by atoms with Crippen LogP contribution in [0.4, 0.5) is 0 Å². The summed E-state index contributed by atoms with van der Waals surface area (Å²) in [7, 11) is 0. The fourth-order valence-corrected chi connectivity index (χ4v) is 4.24. The molecular weight excluding hydrogens is 332 g/mol. The highest BCUT2D eigenvalue weighted by molar-refractivity contribution is 7.77. The molecule has 0 aromatic heterocycles. The van der Waals surface area contributed by atoms with Crippen LogP contribution >= 0.6 is 12.8 Å². The number of nitrogens with zero attached hydrogens (tertiary/aromatic N) is 2. The lowest BCUT2D eigenvalue weighted by Gasteiger charge is -2.31. The largest absolute Gasteiger partial charge is 0.484 e. The Labute approximate surface area is 157 Å². The van der Waals surface area contributed by atoms with E-state index in [2.05, 4.69) is 31.9 Å². The molecule has 1 aromatic rings. The third-order valence-corrected chi connectivity index (χ3v) is 5.96. The highest BCUT2D eigenvalue weighted by Gasteiger charge is 2.25. The van der Waals surface area contributed by atoms with Crippen molar-refractivity contribution in [2.45, 2.75) is 44.9 Å². The van der Waals surface area contributed by atoms with Gasteiger partial charge in [-0.1, -0.05) is 44.7 Å². The van der Waals surface area contributed by atoms with Crippen LogP contribution in [0.1, 0.15) is 50.5 Å². The lowest BCUT2D eigenvalue weighted by molar-refractivity contribution is -0.134. The standard InChI is InChI=1S/C20H30N2O2S/c1-2-3-16-4-5-18(14-16)17-6-8-19(9-7-17)24-15-20(23)21-10-12-22(25)13-11-21/h6-9,16,18,25H,2-5,10-15H2,1H3. The van der Waals surface area contributed by atoms with Crippen LogP contribution < -0.4 is 4.74 Å². The van der Waals surface area contributed by atoms with Gasteiger partial charge in [0.25, 0.3) is 5.91 Å². The Bertz CT molecular complexity index is 555. The molecule has 4 nitrogen and oxygen atoms in total. The molecule has 0 bridgehead atoms. The minimum absolute atomic E-state index is 0.0590. The summed E-state index contributed by atoms with van der Waals surface area (Å²) in [5, 5.41) is 0. The van der Waals surface area contributed by atoms with E-state index in [1.54, 1.807) is 0 Å². The van der Waals surface area contributed by atoms with Crippen LogP contribution in [0.2, 0.25) is 0 Å². The van der Waals surface area contributed by atoms with E-state index in [9.17, 15) is 4.79 Å². The second-order valence-corrected chi connectivity index (χ2v) is 7.92. The van der Waals surface area contributed by atoms with Gasteiger partial charge in [0.15, 0.2) is 6.61 Å². The minimum Gasteiger partial charge on any atom is -0.484 e. The number of hydrogen-bond donors (Lipinski definition) is 1. The van der Waals surface area contributed by atoms with E-state index in [1.807, 2.05) is 21.3 Å². The highest BCUT2D eigenvalue weighted by Crippen LogP contribution is 2.40. The van der Waals surface area contributed by atoms with Crippen molar-refractivity contribution in [2.75, 3.05) is 32.8 Å². The molecule has 3 rings (SSSR count). The Morgan fingerprint density at radius 2 is 1.88 bits per heavy atom. The highest BCUT2D eigenvalue weighted by atomic mass is 32.1. The van der Waals surface area contributed by atoms with Gasteiger partial charge in [-0.3, -0.25) is 4.79 Å². The van der Waals surface area contributed by atoms with Crippen LogP contribution in [0.3, 0.4) is 0 Å². The van der Waals surface area contributed by atoms with Crippen molar-refractivity contribution in [3.63, 3.8) is 0 Å². The van der Waals surface area contributed by atoms with E-state index in [1.165, 1.54) is 37.7 Å². The van der Waals surface area contributed by atoms with Gasteiger partial charge < -0.3 is 9.64 Å². The topological polar surface area (TPSA) is 32.8 Å². The van der Waals surface area contributed by atoms with E-state index in [0.29, 0.717) is 5.92 Å². The summed E-state index contributed by atoms with van der Waals surface area (Å²) < 4.78 is 7.64. The number of carbonyl (C=O) groups excluding carboxylic acids is 1. The first kappa shape index (κ1) is 18.6. The van der Waals surface area contributed by atoms with Crippen LogP contribution in [0.25, 0.3) is 0 Å². The molecule has 2 aliphatic rings. The summed E-state index contributed by atoms with van der Waals surface area (Å²) in [6.45, 7) is 5.47. The predicted octanol–water partition coefficient (Wildman–Crippen LogP) is 3.74. The summed E-state index contributed by atoms with van der Waals surface area (Å²) in [5.41, 5.74) is 1.42. The van der Waals surface area contributed by atoms with Gasteiger partial charge in [0.2, 0.25) is 0 Å². The molecule has 1 saturated heterocycles. The predicted molar refractivity (Wildman–Crippen MR) is 104 cm³/mol. The molecule has 0 spiro atoms. The number of amides is 1. The van der Waals surface area contributed by atoms with Crippen LogP contribution in [0, 0.1) is 5.92 Å². The average Bonchev–Trinajstić information content (AvgIpc) is 3.10. The molecule has 2 atom stereocenters. The number of benzene rings is 1. The van der Waals surface area contributed by atoms with Crippen LogP contribution in [-0.4, -0.2) is 47.9 Å². The van der Waals surface area contributed by atoms with Gasteiger partial charge in [0, 0.05) is 26.2 Å². The molecule has 0 radical (unpaired) electrons. The Hall–Kier alpha value is -1.20. The third-order valence-electron chi connectivity index (χ3n) is 5.56. The van der Waals surface area contributed by atoms with Gasteiger partial charge in [0.05, 0.1) is 0 Å². The molecule has 25 heavy (non-hydrogen) atoms. The molecule has 0 N–H and O–H groups in total. The molecule has 1 aliphatic heterocycles. The lowest BCUT2D eigenvalue weighted by Crippen LogP contribution is -2.47. The van der Waals surface area contributed by atoms with Gasteiger partial charge in [-0.2, -0.15) is 0 Å². The van der Waals surface area contributed by atoms with Gasteiger partial charge in [-0.25, -0.2) is 4.31 Å². The molecule has 138 valence electrons. The maximum Gasteiger partial charge on any atom is 0.260 e. The normalized spacial score (nSPS) is 24.5. The number of ether oxygens (including phenoxy) is 1. The Kier molecular flexibility index (Phi) is 6.65. The van der Waals surface area contributed by atoms with E-state index in [0.717, 1.165) is 37.8 Å². The van der Waals surface area contributed by atoms with Crippen molar-refractivity contribution in [3.8, 4) is 5.75 Å². The van der Waals surface area contributed by atoms with Crippen LogP contribution in [0.5, 0.6) is 5.75 Å². The van der Waals surface area contributed by atoms with Crippen LogP contribution in [0.15, 0.2) is 24.3 Å².